The van der Waals surface area contributed by atoms with Gasteiger partial charge in [-0.2, -0.15) is 0 Å². The number of benzene rings is 2. The van der Waals surface area contributed by atoms with Crippen LogP contribution in [0.15, 0.2) is 42.5 Å². The van der Waals surface area contributed by atoms with Gasteiger partial charge in [-0.1, -0.05) is 0 Å². The zero-order valence-electron chi connectivity index (χ0n) is 14.2. The van der Waals surface area contributed by atoms with E-state index in [1.807, 2.05) is 4.90 Å². The van der Waals surface area contributed by atoms with Crippen molar-refractivity contribution < 1.29 is 19.1 Å². The molecule has 6 nitrogen and oxygen atoms in total. The van der Waals surface area contributed by atoms with E-state index < -0.39 is 0 Å². The number of hydrogen-bond donors (Lipinski definition) is 1. The van der Waals surface area contributed by atoms with E-state index in [9.17, 15) is 9.59 Å². The van der Waals surface area contributed by atoms with E-state index in [0.29, 0.717) is 30.2 Å². The number of hydrogen-bond acceptors (Lipinski definition) is 5. The minimum absolute atomic E-state index is 0.0176. The first kappa shape index (κ1) is 16.8. The van der Waals surface area contributed by atoms with Crippen molar-refractivity contribution in [1.29, 1.82) is 0 Å². The summed E-state index contributed by atoms with van der Waals surface area (Å²) in [5, 5.41) is 2.86. The first-order valence-corrected chi connectivity index (χ1v) is 8.03. The maximum absolute atomic E-state index is 12.4. The number of nitrogens with zero attached hydrogens (tertiary/aromatic N) is 1. The molecule has 0 aliphatic carbocycles. The van der Waals surface area contributed by atoms with Crippen molar-refractivity contribution in [2.24, 2.45) is 0 Å². The normalized spacial score (nSPS) is 12.8. The van der Waals surface area contributed by atoms with Crippen LogP contribution in [0, 0.1) is 0 Å². The number of methoxy groups -OCH3 is 1. The number of ether oxygens (including phenoxy) is 2. The van der Waals surface area contributed by atoms with Crippen molar-refractivity contribution in [2.45, 2.75) is 6.92 Å². The zero-order chi connectivity index (χ0) is 17.8. The Balaban J connectivity index is 1.71. The molecule has 0 saturated heterocycles. The van der Waals surface area contributed by atoms with Crippen molar-refractivity contribution in [3.63, 3.8) is 0 Å². The maximum Gasteiger partial charge on any atom is 0.243 e. The van der Waals surface area contributed by atoms with E-state index in [0.717, 1.165) is 11.4 Å². The highest BCUT2D eigenvalue weighted by atomic mass is 16.5. The van der Waals surface area contributed by atoms with Crippen LogP contribution in [0.25, 0.3) is 0 Å². The van der Waals surface area contributed by atoms with Crippen LogP contribution in [0.1, 0.15) is 17.3 Å². The number of amides is 1. The molecule has 0 saturated carbocycles. The molecule has 0 spiro atoms. The average Bonchev–Trinajstić information content (AvgIpc) is 2.62. The number of ketones is 1. The Bertz CT molecular complexity index is 787. The molecule has 1 heterocycles. The molecule has 0 radical (unpaired) electrons. The van der Waals surface area contributed by atoms with Crippen molar-refractivity contribution in [1.82, 2.24) is 0 Å². The summed E-state index contributed by atoms with van der Waals surface area (Å²) in [4.78, 5) is 25.9. The Hall–Kier alpha value is -3.02. The van der Waals surface area contributed by atoms with Gasteiger partial charge >= 0.3 is 0 Å². The summed E-state index contributed by atoms with van der Waals surface area (Å²) in [5.74, 6) is 1.27. The summed E-state index contributed by atoms with van der Waals surface area (Å²) in [7, 11) is 1.60. The molecule has 2 aromatic carbocycles. The third-order valence-corrected chi connectivity index (χ3v) is 4.03. The monoisotopic (exact) mass is 340 g/mol. The van der Waals surface area contributed by atoms with Crippen LogP contribution in [0.2, 0.25) is 0 Å². The number of rotatable bonds is 5. The van der Waals surface area contributed by atoms with E-state index in [1.54, 1.807) is 49.6 Å². The van der Waals surface area contributed by atoms with Gasteiger partial charge in [0.1, 0.15) is 18.1 Å². The molecular weight excluding hydrogens is 320 g/mol. The molecule has 0 atom stereocenters. The smallest absolute Gasteiger partial charge is 0.243 e. The molecule has 25 heavy (non-hydrogen) atoms. The lowest BCUT2D eigenvalue weighted by molar-refractivity contribution is -0.115. The summed E-state index contributed by atoms with van der Waals surface area (Å²) >= 11 is 0. The highest BCUT2D eigenvalue weighted by Gasteiger charge is 2.21. The van der Waals surface area contributed by atoms with Crippen LogP contribution in [0.5, 0.6) is 11.5 Å². The molecule has 0 aromatic heterocycles. The number of fused-ring (bicyclic) bond motifs is 1. The Kier molecular flexibility index (Phi) is 4.88. The zero-order valence-corrected chi connectivity index (χ0v) is 14.2. The minimum atomic E-state index is -0.133. The Morgan fingerprint density at radius 2 is 1.96 bits per heavy atom. The molecular formula is C19H20N2O4. The second-order valence-corrected chi connectivity index (χ2v) is 5.79. The number of Topliss-reactive ketones (excluding diaryl/α,β-unsaturated/α-hetero) is 1. The van der Waals surface area contributed by atoms with Crippen molar-refractivity contribution >= 4 is 23.1 Å². The molecule has 0 bridgehead atoms. The molecule has 1 aliphatic heterocycles. The van der Waals surface area contributed by atoms with Gasteiger partial charge in [-0.25, -0.2) is 0 Å². The fourth-order valence-electron chi connectivity index (χ4n) is 2.70. The predicted octanol–water partition coefficient (Wildman–Crippen LogP) is 2.74. The SMILES string of the molecule is COc1ccc(NC(=O)CN2CCOc3ccc(C(C)=O)cc32)cc1. The van der Waals surface area contributed by atoms with Crippen molar-refractivity contribution in [2.75, 3.05) is 37.0 Å². The number of carbonyl (C=O) groups excluding carboxylic acids is 2. The minimum Gasteiger partial charge on any atom is -0.497 e. The highest BCUT2D eigenvalue weighted by Crippen LogP contribution is 2.32. The topological polar surface area (TPSA) is 67.9 Å². The first-order chi connectivity index (χ1) is 12.1. The van der Waals surface area contributed by atoms with Crippen LogP contribution in [-0.2, 0) is 4.79 Å². The van der Waals surface area contributed by atoms with E-state index in [1.165, 1.54) is 6.92 Å². The summed E-state index contributed by atoms with van der Waals surface area (Å²) < 4.78 is 10.7. The molecule has 1 amide bonds. The molecule has 3 rings (SSSR count). The van der Waals surface area contributed by atoms with Gasteiger partial charge in [-0.05, 0) is 49.4 Å². The summed E-state index contributed by atoms with van der Waals surface area (Å²) in [6, 6.07) is 12.5. The fourth-order valence-corrected chi connectivity index (χ4v) is 2.70. The molecule has 6 heteroatoms. The van der Waals surface area contributed by atoms with E-state index in [2.05, 4.69) is 5.32 Å². The first-order valence-electron chi connectivity index (χ1n) is 8.03. The lowest BCUT2D eigenvalue weighted by atomic mass is 10.1. The third-order valence-electron chi connectivity index (χ3n) is 4.03. The van der Waals surface area contributed by atoms with Gasteiger partial charge < -0.3 is 19.7 Å². The van der Waals surface area contributed by atoms with Gasteiger partial charge in [0, 0.05) is 11.3 Å². The summed E-state index contributed by atoms with van der Waals surface area (Å²) in [5.41, 5.74) is 2.07. The van der Waals surface area contributed by atoms with E-state index in [4.69, 9.17) is 9.47 Å². The second-order valence-electron chi connectivity index (χ2n) is 5.79. The predicted molar refractivity (Wildman–Crippen MR) is 95.8 cm³/mol. The van der Waals surface area contributed by atoms with Gasteiger partial charge in [-0.3, -0.25) is 9.59 Å². The van der Waals surface area contributed by atoms with E-state index in [-0.39, 0.29) is 18.2 Å². The molecule has 0 fully saturated rings. The van der Waals surface area contributed by atoms with Crippen LogP contribution in [0.3, 0.4) is 0 Å². The summed E-state index contributed by atoms with van der Waals surface area (Å²) in [6.07, 6.45) is 0. The van der Waals surface area contributed by atoms with Crippen LogP contribution in [0.4, 0.5) is 11.4 Å². The van der Waals surface area contributed by atoms with Gasteiger partial charge in [-0.15, -0.1) is 0 Å². The Morgan fingerprint density at radius 3 is 2.64 bits per heavy atom. The highest BCUT2D eigenvalue weighted by molar-refractivity contribution is 5.97. The van der Waals surface area contributed by atoms with Crippen molar-refractivity contribution in [3.8, 4) is 11.5 Å². The summed E-state index contributed by atoms with van der Waals surface area (Å²) in [6.45, 7) is 2.79. The average molecular weight is 340 g/mol. The number of anilines is 2. The molecule has 0 unspecified atom stereocenters. The quantitative estimate of drug-likeness (QED) is 0.848. The van der Waals surface area contributed by atoms with Crippen LogP contribution >= 0.6 is 0 Å². The Labute approximate surface area is 146 Å². The van der Waals surface area contributed by atoms with Gasteiger partial charge in [0.15, 0.2) is 5.78 Å². The largest absolute Gasteiger partial charge is 0.497 e. The molecule has 130 valence electrons. The van der Waals surface area contributed by atoms with Gasteiger partial charge in [0.05, 0.1) is 25.9 Å². The lowest BCUT2D eigenvalue weighted by Gasteiger charge is -2.31. The number of carbonyl (C=O) groups is 2. The number of nitrogens with one attached hydrogen (secondary N) is 1. The molecule has 1 N–H and O–H groups in total. The van der Waals surface area contributed by atoms with E-state index >= 15 is 0 Å². The molecule has 2 aromatic rings. The maximum atomic E-state index is 12.4. The Morgan fingerprint density at radius 1 is 1.20 bits per heavy atom. The van der Waals surface area contributed by atoms with Crippen LogP contribution in [-0.4, -0.2) is 38.5 Å². The van der Waals surface area contributed by atoms with Crippen molar-refractivity contribution in [3.05, 3.63) is 48.0 Å². The standard InChI is InChI=1S/C19H20N2O4/c1-13(22)14-3-8-18-17(11-14)21(9-10-25-18)12-19(23)20-15-4-6-16(24-2)7-5-15/h3-8,11H,9-10,12H2,1-2H3,(H,20,23). The third kappa shape index (κ3) is 3.91. The fraction of sp³-hybridized carbons (Fsp3) is 0.263. The second kappa shape index (κ2) is 7.25. The lowest BCUT2D eigenvalue weighted by Crippen LogP contribution is -2.38. The molecule has 1 aliphatic rings. The van der Waals surface area contributed by atoms with Crippen LogP contribution < -0.4 is 19.7 Å². The van der Waals surface area contributed by atoms with Gasteiger partial charge in [0.25, 0.3) is 0 Å². The van der Waals surface area contributed by atoms with Gasteiger partial charge in [0.2, 0.25) is 5.91 Å².